The molecule has 3 aliphatic heterocycles. The number of aliphatic hydroxyl groups excluding tert-OH is 1. The Morgan fingerprint density at radius 2 is 1.51 bits per heavy atom. The van der Waals surface area contributed by atoms with Crippen molar-refractivity contribution >= 4 is 104 Å². The minimum atomic E-state index is -5.82. The van der Waals surface area contributed by atoms with Crippen LogP contribution in [0.5, 0.6) is 0 Å². The number of carbonyl (C=O) groups excluding carboxylic acids is 5. The molecule has 4 heterocycles. The number of nitrogens with zero attached hydrogens (tertiary/aromatic N) is 1. The lowest BCUT2D eigenvalue weighted by atomic mass is 10.0. The molecule has 0 aliphatic carbocycles. The van der Waals surface area contributed by atoms with Crippen LogP contribution in [0.1, 0.15) is 109 Å². The number of aliphatic carboxylic acids is 3. The molecule has 4 rings (SSSR count). The number of fused-ring (bicyclic) bond motifs is 1. The fourth-order valence-corrected chi connectivity index (χ4v) is 15.1. The lowest BCUT2D eigenvalue weighted by molar-refractivity contribution is -0.148. The summed E-state index contributed by atoms with van der Waals surface area (Å²) in [7, 11) is -14.3. The third-order valence-corrected chi connectivity index (χ3v) is 20.6. The number of unbranched alkanes of at least 4 members (excludes halogenated alkanes) is 3. The minimum Gasteiger partial charge on any atom is -0.481 e. The zero-order valence-corrected chi connectivity index (χ0v) is 50.1. The summed E-state index contributed by atoms with van der Waals surface area (Å²) in [4.78, 5) is 162. The van der Waals surface area contributed by atoms with Gasteiger partial charge in [0.2, 0.25) is 23.6 Å². The van der Waals surface area contributed by atoms with Crippen molar-refractivity contribution in [2.24, 2.45) is 0 Å². The number of aromatic amines is 1. The Balaban J connectivity index is 1.25. The zero-order chi connectivity index (χ0) is 62.6. The van der Waals surface area contributed by atoms with Crippen molar-refractivity contribution in [2.45, 2.75) is 156 Å². The van der Waals surface area contributed by atoms with E-state index in [9.17, 15) is 86.7 Å². The molecule has 84 heavy (non-hydrogen) atoms. The summed E-state index contributed by atoms with van der Waals surface area (Å²) in [6.45, 7) is 2.78. The molecule has 8 unspecified atom stereocenters. The number of carbonyl (C=O) groups is 8. The highest BCUT2D eigenvalue weighted by Gasteiger charge is 2.44. The van der Waals surface area contributed by atoms with Crippen LogP contribution in [0.2, 0.25) is 0 Å². The number of nitrogens with one attached hydrogen (secondary N) is 7. The number of hydrogen-bond donors (Lipinski definition) is 15. The quantitative estimate of drug-likeness (QED) is 0.0101. The van der Waals surface area contributed by atoms with E-state index in [4.69, 9.17) is 24.4 Å². The number of aromatic nitrogens is 2. The van der Waals surface area contributed by atoms with E-state index in [0.29, 0.717) is 32.1 Å². The summed E-state index contributed by atoms with van der Waals surface area (Å²) in [6, 6.07) is -4.63. The first-order chi connectivity index (χ1) is 39.2. The van der Waals surface area contributed by atoms with Crippen LogP contribution in [0.4, 0.5) is 4.79 Å². The number of phosphoric acid groups is 3. The molecular weight excluding hydrogens is 1250 g/mol. The average Bonchev–Trinajstić information content (AvgIpc) is 3.95. The number of ether oxygens (including phenoxy) is 2. The van der Waals surface area contributed by atoms with Crippen LogP contribution in [0, 0.1) is 11.8 Å². The van der Waals surface area contributed by atoms with Crippen molar-refractivity contribution in [1.29, 1.82) is 0 Å². The van der Waals surface area contributed by atoms with Crippen LogP contribution < -0.4 is 43.1 Å². The molecule has 3 saturated heterocycles. The first-order valence-electron chi connectivity index (χ1n) is 25.6. The van der Waals surface area contributed by atoms with E-state index in [1.165, 1.54) is 21.6 Å². The molecule has 0 radical (unpaired) electrons. The highest BCUT2D eigenvalue weighted by Crippen LogP contribution is 2.66. The number of H-pyrrole nitrogens is 1. The van der Waals surface area contributed by atoms with Crippen molar-refractivity contribution in [3.63, 3.8) is 0 Å². The summed E-state index contributed by atoms with van der Waals surface area (Å²) in [5, 5.41) is 53.8. The van der Waals surface area contributed by atoms with Crippen molar-refractivity contribution in [1.82, 2.24) is 41.5 Å². The largest absolute Gasteiger partial charge is 0.490 e. The Kier molecular flexibility index (Phi) is 28.4. The summed E-state index contributed by atoms with van der Waals surface area (Å²) in [5.41, 5.74) is -2.10. The smallest absolute Gasteiger partial charge is 0.481 e. The number of hydrogen-bond acceptors (Lipinski definition) is 22. The maximum atomic E-state index is 13.6. The van der Waals surface area contributed by atoms with E-state index in [-0.39, 0.29) is 86.0 Å². The van der Waals surface area contributed by atoms with E-state index < -0.39 is 131 Å². The standard InChI is InChI=1S/C44H67N8O26P3S3/c1-44(2,84-83-23-74-16-8-9-24-20-52(43(66)51-38(24)60)34-19-29(53)30(76-34)21-75-80(70,71)78-81(72,73)77-79(67,68)69)14-13-25(46-32(54)12-6-5-10-31-37-28(22-82-31)49-42(65)50-37)39(61)45-15-7-3-4-11-33(55)47-26(17-35(56)57)40(62)48-27(41(63)64)18-36(58)59/h20,25-31,34,37,53H,3-7,10-19,21-23H2,1-2H3,(H,45,61)(H,46,54)(H,47,55)(H,48,62)(H,56,57)(H,58,59)(H,63,64)(H,70,71)(H,72,73)(H2,49,50,65)(H,51,60,66)(H2,67,68,69)/t25?,26?,27?,28-,29?,30?,31-,34?,37-/m0/s1. The number of thioether (sulfide) groups is 1. The van der Waals surface area contributed by atoms with Gasteiger partial charge in [-0.15, -0.1) is 0 Å². The number of carboxylic acid groups (broad SMARTS) is 3. The molecule has 0 spiro atoms. The number of amides is 6. The number of aliphatic hydroxyl groups is 1. The van der Waals surface area contributed by atoms with E-state index in [2.05, 4.69) is 51.6 Å². The Morgan fingerprint density at radius 1 is 0.857 bits per heavy atom. The molecule has 6 amide bonds. The second-order valence-corrected chi connectivity index (χ2v) is 28.2. The van der Waals surface area contributed by atoms with Crippen LogP contribution in [-0.4, -0.2) is 181 Å². The van der Waals surface area contributed by atoms with Crippen LogP contribution in [0.3, 0.4) is 0 Å². The van der Waals surface area contributed by atoms with Gasteiger partial charge in [0.15, 0.2) is 0 Å². The van der Waals surface area contributed by atoms with Gasteiger partial charge < -0.3 is 81.4 Å². The van der Waals surface area contributed by atoms with Gasteiger partial charge >= 0.3 is 53.1 Å². The SMILES string of the molecule is CC(C)(CCC(NC(=O)CCCC[C@@H]1SC[C@@H]2NC(=O)N[C@@H]21)C(=O)NCCCCCC(=O)NC(CC(=O)O)C(=O)NC(CC(=O)O)C(=O)O)SSCOCC#Cc1cn(C2CC(O)C(COP(=O)(O)OP(=O)(O)OP(=O)(O)O)O2)c(=O)[nH]c1=O. The molecule has 34 nitrogen and oxygen atoms in total. The second-order valence-electron chi connectivity index (χ2n) is 19.6. The normalized spacial score (nSPS) is 21.8. The third kappa shape index (κ3) is 26.0. The highest BCUT2D eigenvalue weighted by atomic mass is 33.1. The van der Waals surface area contributed by atoms with Crippen LogP contribution in [0.25, 0.3) is 0 Å². The Hall–Kier alpha value is -4.86. The second kappa shape index (κ2) is 33.3. The van der Waals surface area contributed by atoms with E-state index in [1.54, 1.807) is 11.8 Å². The molecule has 3 fully saturated rings. The van der Waals surface area contributed by atoms with Gasteiger partial charge in [0, 0.05) is 47.8 Å². The van der Waals surface area contributed by atoms with Gasteiger partial charge in [-0.25, -0.2) is 28.1 Å². The van der Waals surface area contributed by atoms with Gasteiger partial charge in [-0.3, -0.25) is 47.6 Å². The summed E-state index contributed by atoms with van der Waals surface area (Å²) < 4.78 is 57.9. The number of carboxylic acids is 3. The van der Waals surface area contributed by atoms with Gasteiger partial charge in [0.1, 0.15) is 48.6 Å². The molecule has 3 aliphatic rings. The highest BCUT2D eigenvalue weighted by molar-refractivity contribution is 8.77. The molecular formula is C44H67N8O26P3S3. The van der Waals surface area contributed by atoms with Crippen molar-refractivity contribution < 1.29 is 115 Å². The lowest BCUT2D eigenvalue weighted by Crippen LogP contribution is -2.52. The molecule has 472 valence electrons. The first kappa shape index (κ1) is 71.6. The number of rotatable bonds is 37. The first-order valence-corrected chi connectivity index (χ1v) is 33.5. The zero-order valence-electron chi connectivity index (χ0n) is 44.9. The van der Waals surface area contributed by atoms with Gasteiger partial charge in [0.05, 0.1) is 37.6 Å². The van der Waals surface area contributed by atoms with Crippen LogP contribution in [0.15, 0.2) is 15.8 Å². The predicted octanol–water partition coefficient (Wildman–Crippen LogP) is -0.315. The van der Waals surface area contributed by atoms with Crippen molar-refractivity contribution in [2.75, 3.05) is 31.5 Å². The summed E-state index contributed by atoms with van der Waals surface area (Å²) >= 11 is 1.76. The molecule has 0 saturated carbocycles. The molecule has 11 atom stereocenters. The van der Waals surface area contributed by atoms with Gasteiger partial charge in [-0.05, 0) is 52.4 Å². The van der Waals surface area contributed by atoms with Crippen LogP contribution in [-0.2, 0) is 69.9 Å². The van der Waals surface area contributed by atoms with Crippen molar-refractivity contribution in [3.8, 4) is 11.8 Å². The lowest BCUT2D eigenvalue weighted by Gasteiger charge is -2.26. The van der Waals surface area contributed by atoms with Crippen molar-refractivity contribution in [3.05, 3.63) is 32.6 Å². The van der Waals surface area contributed by atoms with Gasteiger partial charge in [-0.1, -0.05) is 46.3 Å². The van der Waals surface area contributed by atoms with Gasteiger partial charge in [-0.2, -0.15) is 20.4 Å². The van der Waals surface area contributed by atoms with E-state index >= 15 is 0 Å². The van der Waals surface area contributed by atoms with Crippen LogP contribution >= 0.6 is 56.8 Å². The third-order valence-electron chi connectivity index (χ3n) is 12.3. The minimum absolute atomic E-state index is 0.0161. The fraction of sp³-hybridized carbons (Fsp3) is 0.682. The molecule has 1 aromatic rings. The molecule has 0 bridgehead atoms. The number of phosphoric ester groups is 1. The summed E-state index contributed by atoms with van der Waals surface area (Å²) in [6.07, 6.45) is -1.86. The van der Waals surface area contributed by atoms with Gasteiger partial charge in [0.25, 0.3) is 5.56 Å². The fourth-order valence-electron chi connectivity index (χ4n) is 8.30. The predicted molar refractivity (Wildman–Crippen MR) is 295 cm³/mol. The topological polar surface area (TPSA) is 523 Å². The molecule has 1 aromatic heterocycles. The maximum Gasteiger partial charge on any atom is 0.490 e. The summed E-state index contributed by atoms with van der Waals surface area (Å²) in [5.74, 6) is -1.34. The monoisotopic (exact) mass is 1310 g/mol. The molecule has 40 heteroatoms. The number of urea groups is 1. The molecule has 15 N–H and O–H groups in total. The van der Waals surface area contributed by atoms with E-state index in [0.717, 1.165) is 22.9 Å². The maximum absolute atomic E-state index is 13.6. The Bertz CT molecular complexity index is 2870. The molecule has 0 aromatic carbocycles. The Morgan fingerprint density at radius 3 is 2.17 bits per heavy atom. The Labute approximate surface area is 490 Å². The van der Waals surface area contributed by atoms with E-state index in [1.807, 2.05) is 24.1 Å². The average molecular weight is 1310 g/mol.